The van der Waals surface area contributed by atoms with Gasteiger partial charge >= 0.3 is 0 Å². The Labute approximate surface area is 102 Å². The van der Waals surface area contributed by atoms with Gasteiger partial charge in [0.25, 0.3) is 0 Å². The van der Waals surface area contributed by atoms with Crippen molar-refractivity contribution in [3.8, 4) is 0 Å². The first-order chi connectivity index (χ1) is 8.28. The maximum Gasteiger partial charge on any atom is 0.109 e. The van der Waals surface area contributed by atoms with Crippen LogP contribution in [0.3, 0.4) is 0 Å². The number of aromatic nitrogens is 2. The molecule has 2 bridgehead atoms. The summed E-state index contributed by atoms with van der Waals surface area (Å²) in [6.45, 7) is 0. The molecule has 94 valence electrons. The number of nitrogens with one attached hydrogen (secondary N) is 1. The number of imidazole rings is 1. The van der Waals surface area contributed by atoms with Gasteiger partial charge < -0.3 is 14.6 Å². The van der Waals surface area contributed by atoms with E-state index in [0.29, 0.717) is 24.2 Å². The Morgan fingerprint density at radius 3 is 3.00 bits per heavy atom. The normalized spacial score (nSPS) is 33.2. The molecule has 0 radical (unpaired) electrons. The molecule has 2 aliphatic rings. The predicted octanol–water partition coefficient (Wildman–Crippen LogP) is 1.12. The Morgan fingerprint density at radius 2 is 2.47 bits per heavy atom. The lowest BCUT2D eigenvalue weighted by molar-refractivity contribution is 0.0861. The van der Waals surface area contributed by atoms with Crippen molar-refractivity contribution in [1.29, 1.82) is 0 Å². The Balaban J connectivity index is 1.70. The van der Waals surface area contributed by atoms with Crippen molar-refractivity contribution >= 4 is 0 Å². The third-order valence-corrected chi connectivity index (χ3v) is 4.36. The molecule has 0 aromatic carbocycles. The summed E-state index contributed by atoms with van der Waals surface area (Å²) in [7, 11) is 4.12. The molecule has 0 saturated carbocycles. The van der Waals surface area contributed by atoms with E-state index < -0.39 is 0 Å². The third kappa shape index (κ3) is 2.00. The van der Waals surface area contributed by atoms with Crippen molar-refractivity contribution in [3.05, 3.63) is 18.2 Å². The molecule has 1 N–H and O–H groups in total. The van der Waals surface area contributed by atoms with E-state index in [1.54, 1.807) is 0 Å². The van der Waals surface area contributed by atoms with Gasteiger partial charge in [0.1, 0.15) is 5.82 Å². The van der Waals surface area contributed by atoms with Gasteiger partial charge in [0.15, 0.2) is 0 Å². The van der Waals surface area contributed by atoms with E-state index in [-0.39, 0.29) is 0 Å². The van der Waals surface area contributed by atoms with Gasteiger partial charge in [-0.2, -0.15) is 0 Å². The van der Waals surface area contributed by atoms with Gasteiger partial charge in [-0.05, 0) is 26.3 Å². The number of likely N-dealkylation sites (N-methyl/N-ethyl adjacent to an activating group) is 1. The summed E-state index contributed by atoms with van der Waals surface area (Å²) in [5.41, 5.74) is 0. The average molecular weight is 235 g/mol. The average Bonchev–Trinajstić information content (AvgIpc) is 3.02. The van der Waals surface area contributed by atoms with Gasteiger partial charge in [-0.1, -0.05) is 0 Å². The number of rotatable bonds is 4. The van der Waals surface area contributed by atoms with Gasteiger partial charge in [-0.3, -0.25) is 0 Å². The molecule has 0 amide bonds. The largest absolute Gasteiger partial charge is 0.375 e. The van der Waals surface area contributed by atoms with Crippen molar-refractivity contribution in [1.82, 2.24) is 14.9 Å². The molecule has 2 saturated heterocycles. The fourth-order valence-electron chi connectivity index (χ4n) is 3.36. The zero-order valence-electron chi connectivity index (χ0n) is 10.6. The van der Waals surface area contributed by atoms with Gasteiger partial charge in [0, 0.05) is 37.8 Å². The number of aryl methyl sites for hydroxylation is 1. The van der Waals surface area contributed by atoms with Crippen LogP contribution < -0.4 is 5.32 Å². The minimum Gasteiger partial charge on any atom is -0.375 e. The minimum atomic E-state index is 0.484. The zero-order valence-corrected chi connectivity index (χ0v) is 10.6. The number of ether oxygens (including phenoxy) is 1. The van der Waals surface area contributed by atoms with E-state index in [9.17, 15) is 0 Å². The molecule has 3 rings (SSSR count). The van der Waals surface area contributed by atoms with Crippen LogP contribution >= 0.6 is 0 Å². The quantitative estimate of drug-likeness (QED) is 0.850. The SMILES string of the molecule is CNC(Cc1nccn1C)C1CC2CCC1O2. The highest BCUT2D eigenvalue weighted by molar-refractivity contribution is 5.01. The summed E-state index contributed by atoms with van der Waals surface area (Å²) in [5.74, 6) is 1.82. The Hall–Kier alpha value is -0.870. The van der Waals surface area contributed by atoms with Crippen LogP contribution in [0.15, 0.2) is 12.4 Å². The maximum absolute atomic E-state index is 5.95. The predicted molar refractivity (Wildman–Crippen MR) is 65.8 cm³/mol. The second-order valence-electron chi connectivity index (χ2n) is 5.33. The maximum atomic E-state index is 5.95. The van der Waals surface area contributed by atoms with Crippen LogP contribution in [-0.2, 0) is 18.2 Å². The van der Waals surface area contributed by atoms with Gasteiger partial charge in [-0.15, -0.1) is 0 Å². The fourth-order valence-corrected chi connectivity index (χ4v) is 3.36. The summed E-state index contributed by atoms with van der Waals surface area (Å²) in [4.78, 5) is 4.42. The second-order valence-corrected chi connectivity index (χ2v) is 5.33. The van der Waals surface area contributed by atoms with Crippen LogP contribution in [0.25, 0.3) is 0 Å². The molecule has 1 aromatic heterocycles. The lowest BCUT2D eigenvalue weighted by Crippen LogP contribution is -2.40. The number of hydrogen-bond acceptors (Lipinski definition) is 3. The van der Waals surface area contributed by atoms with Gasteiger partial charge in [0.2, 0.25) is 0 Å². The van der Waals surface area contributed by atoms with Crippen LogP contribution in [-0.4, -0.2) is 34.8 Å². The molecule has 3 heterocycles. The molecule has 4 unspecified atom stereocenters. The molecule has 17 heavy (non-hydrogen) atoms. The molecule has 0 spiro atoms. The molecule has 2 fully saturated rings. The number of nitrogens with zero attached hydrogens (tertiary/aromatic N) is 2. The van der Waals surface area contributed by atoms with E-state index in [0.717, 1.165) is 12.2 Å². The second kappa shape index (κ2) is 4.42. The molecule has 2 aliphatic heterocycles. The fraction of sp³-hybridized carbons (Fsp3) is 0.769. The molecule has 4 heteroatoms. The first kappa shape index (κ1) is 11.2. The van der Waals surface area contributed by atoms with Gasteiger partial charge in [0.05, 0.1) is 12.2 Å². The summed E-state index contributed by atoms with van der Waals surface area (Å²) in [5, 5.41) is 3.46. The highest BCUT2D eigenvalue weighted by Gasteiger charge is 2.44. The Bertz CT molecular complexity index is 390. The van der Waals surface area contributed by atoms with Crippen LogP contribution in [0.2, 0.25) is 0 Å². The first-order valence-corrected chi connectivity index (χ1v) is 6.57. The molecule has 1 aromatic rings. The van der Waals surface area contributed by atoms with Crippen molar-refractivity contribution in [2.75, 3.05) is 7.05 Å². The summed E-state index contributed by atoms with van der Waals surface area (Å²) in [6.07, 6.45) is 9.63. The van der Waals surface area contributed by atoms with E-state index >= 15 is 0 Å². The summed E-state index contributed by atoms with van der Waals surface area (Å²) in [6, 6.07) is 0.492. The Kier molecular flexibility index (Phi) is 2.92. The van der Waals surface area contributed by atoms with Crippen LogP contribution in [0.1, 0.15) is 25.1 Å². The lowest BCUT2D eigenvalue weighted by atomic mass is 9.82. The van der Waals surface area contributed by atoms with E-state index in [2.05, 4.69) is 29.0 Å². The highest BCUT2D eigenvalue weighted by Crippen LogP contribution is 2.40. The van der Waals surface area contributed by atoms with Crippen LogP contribution in [0.5, 0.6) is 0 Å². The van der Waals surface area contributed by atoms with Gasteiger partial charge in [-0.25, -0.2) is 4.98 Å². The summed E-state index contributed by atoms with van der Waals surface area (Å²) >= 11 is 0. The first-order valence-electron chi connectivity index (χ1n) is 6.57. The summed E-state index contributed by atoms with van der Waals surface area (Å²) < 4.78 is 8.06. The lowest BCUT2D eigenvalue weighted by Gasteiger charge is -2.28. The van der Waals surface area contributed by atoms with Crippen LogP contribution in [0.4, 0.5) is 0 Å². The standard InChI is InChI=1S/C13H21N3O/c1-14-11(8-13-15-5-6-16(13)2)10-7-9-3-4-12(10)17-9/h5-6,9-12,14H,3-4,7-8H2,1-2H3. The van der Waals surface area contributed by atoms with Crippen molar-refractivity contribution in [3.63, 3.8) is 0 Å². The van der Waals surface area contributed by atoms with Crippen molar-refractivity contribution < 1.29 is 4.74 Å². The molecular formula is C13H21N3O. The smallest absolute Gasteiger partial charge is 0.109 e. The van der Waals surface area contributed by atoms with Crippen molar-refractivity contribution in [2.24, 2.45) is 13.0 Å². The zero-order chi connectivity index (χ0) is 11.8. The number of fused-ring (bicyclic) bond motifs is 2. The van der Waals surface area contributed by atoms with E-state index in [1.807, 2.05) is 12.4 Å². The third-order valence-electron chi connectivity index (χ3n) is 4.36. The Morgan fingerprint density at radius 1 is 1.59 bits per heavy atom. The topological polar surface area (TPSA) is 39.1 Å². The van der Waals surface area contributed by atoms with E-state index in [4.69, 9.17) is 4.74 Å². The molecule has 4 nitrogen and oxygen atoms in total. The highest BCUT2D eigenvalue weighted by atomic mass is 16.5. The molecule has 0 aliphatic carbocycles. The monoisotopic (exact) mass is 235 g/mol. The van der Waals surface area contributed by atoms with Crippen molar-refractivity contribution in [2.45, 2.75) is 43.9 Å². The minimum absolute atomic E-state index is 0.484. The molecule has 4 atom stereocenters. The molecular weight excluding hydrogens is 214 g/mol. The van der Waals surface area contributed by atoms with E-state index in [1.165, 1.54) is 19.3 Å². The number of hydrogen-bond donors (Lipinski definition) is 1. The van der Waals surface area contributed by atoms with Crippen LogP contribution in [0, 0.1) is 5.92 Å².